The average Bonchev–Trinajstić information content (AvgIpc) is 3.94. The van der Waals surface area contributed by atoms with Crippen LogP contribution >= 0.6 is 34.8 Å². The van der Waals surface area contributed by atoms with Crippen LogP contribution in [-0.2, 0) is 26.0 Å². The van der Waals surface area contributed by atoms with Crippen molar-refractivity contribution in [2.75, 3.05) is 46.6 Å². The van der Waals surface area contributed by atoms with Gasteiger partial charge in [0.15, 0.2) is 15.2 Å². The zero-order valence-electron chi connectivity index (χ0n) is 36.8. The Labute approximate surface area is 404 Å². The first-order valence-corrected chi connectivity index (χ1v) is 26.5. The van der Waals surface area contributed by atoms with Crippen LogP contribution in [0, 0.1) is 0 Å². The highest BCUT2D eigenvalue weighted by Crippen LogP contribution is 2.40. The fraction of sp³-hybridized carbons (Fsp3) is 0.205. The lowest BCUT2D eigenvalue weighted by atomic mass is 10.2. The minimum atomic E-state index is -4.47. The molecule has 0 aliphatic carbocycles. The van der Waals surface area contributed by atoms with E-state index in [1.165, 1.54) is 48.2 Å². The highest BCUT2D eigenvalue weighted by atomic mass is 32.2. The molecule has 8 aromatic rings. The summed E-state index contributed by atoms with van der Waals surface area (Å²) in [5, 5.41) is 26.8. The van der Waals surface area contributed by atoms with Crippen LogP contribution in [0.5, 0.6) is 0 Å². The third kappa shape index (κ3) is 11.2. The van der Waals surface area contributed by atoms with Crippen LogP contribution in [0.25, 0.3) is 21.8 Å². The van der Waals surface area contributed by atoms with Gasteiger partial charge in [-0.25, -0.2) is 0 Å². The van der Waals surface area contributed by atoms with Crippen molar-refractivity contribution in [1.82, 2.24) is 23.7 Å². The smallest absolute Gasteiger partial charge is 0.294 e. The number of fused-ring (bicyclic) bond motifs is 2. The quantitative estimate of drug-likeness (QED) is 0.0334. The summed E-state index contributed by atoms with van der Waals surface area (Å²) in [6.45, 7) is 11.2. The molecule has 0 bridgehead atoms. The summed E-state index contributed by atoms with van der Waals surface area (Å²) in [5.41, 5.74) is 5.69. The first kappa shape index (κ1) is 47.9. The minimum absolute atomic E-state index is 0.182. The van der Waals surface area contributed by atoms with Gasteiger partial charge < -0.3 is 20.4 Å². The van der Waals surface area contributed by atoms with E-state index >= 15 is 0 Å². The zero-order chi connectivity index (χ0) is 48.0. The maximum absolute atomic E-state index is 12.0. The lowest BCUT2D eigenvalue weighted by Crippen LogP contribution is -2.21. The first-order valence-electron chi connectivity index (χ1n) is 21.0. The topological polar surface area (TPSA) is 253 Å². The Kier molecular flexibility index (Phi) is 14.6. The van der Waals surface area contributed by atoms with Gasteiger partial charge in [-0.15, -0.1) is 20.5 Å². The Balaban J connectivity index is 1.20. The van der Waals surface area contributed by atoms with Gasteiger partial charge in [0.05, 0.1) is 32.2 Å². The third-order valence-electron chi connectivity index (χ3n) is 10.5. The molecule has 0 atom stereocenters. The van der Waals surface area contributed by atoms with Gasteiger partial charge >= 0.3 is 0 Å². The number of hydrogen-bond donors (Lipinski definition) is 4. The van der Waals surface area contributed by atoms with Gasteiger partial charge in [0, 0.05) is 54.1 Å². The number of benzene rings is 5. The Morgan fingerprint density at radius 2 is 1.03 bits per heavy atom. The largest absolute Gasteiger partial charge is 0.372 e. The summed E-state index contributed by atoms with van der Waals surface area (Å²) in [7, 11) is -8.95. The predicted octanol–water partition coefficient (Wildman–Crippen LogP) is 11.9. The van der Waals surface area contributed by atoms with Crippen LogP contribution in [0.15, 0.2) is 139 Å². The molecule has 0 unspecified atom stereocenters. The molecule has 19 nitrogen and oxygen atoms in total. The van der Waals surface area contributed by atoms with E-state index in [4.69, 9.17) is 15.0 Å². The molecule has 5 aromatic carbocycles. The summed E-state index contributed by atoms with van der Waals surface area (Å²) in [4.78, 5) is 18.3. The van der Waals surface area contributed by atoms with E-state index in [0.29, 0.717) is 65.5 Å². The monoisotopic (exact) mass is 1010 g/mol. The fourth-order valence-electron chi connectivity index (χ4n) is 6.97. The fourth-order valence-corrected chi connectivity index (χ4v) is 10.1. The second kappa shape index (κ2) is 20.8. The second-order valence-corrected chi connectivity index (χ2v) is 20.0. The van der Waals surface area contributed by atoms with Gasteiger partial charge in [0.1, 0.15) is 11.4 Å². The van der Waals surface area contributed by atoms with Gasteiger partial charge in [0.2, 0.25) is 11.9 Å². The number of rotatable bonds is 19. The molecule has 3 heterocycles. The van der Waals surface area contributed by atoms with Gasteiger partial charge in [-0.2, -0.15) is 40.5 Å². The predicted molar refractivity (Wildman–Crippen MR) is 270 cm³/mol. The van der Waals surface area contributed by atoms with Crippen molar-refractivity contribution in [2.24, 2.45) is 20.5 Å². The van der Waals surface area contributed by atoms with E-state index in [9.17, 15) is 25.9 Å². The zero-order valence-corrected chi connectivity index (χ0v) is 40.9. The van der Waals surface area contributed by atoms with Crippen molar-refractivity contribution in [1.29, 1.82) is 0 Å². The molecule has 68 heavy (non-hydrogen) atoms. The first-order chi connectivity index (χ1) is 32.7. The van der Waals surface area contributed by atoms with Crippen molar-refractivity contribution in [3.8, 4) is 0 Å². The molecule has 8 rings (SSSR count). The van der Waals surface area contributed by atoms with Crippen molar-refractivity contribution in [2.45, 2.75) is 48.4 Å². The maximum atomic E-state index is 12.0. The summed E-state index contributed by atoms with van der Waals surface area (Å²) < 4.78 is 76.0. The molecule has 0 aliphatic rings. The van der Waals surface area contributed by atoms with E-state index in [2.05, 4.69) is 77.3 Å². The Hall–Kier alpha value is -6.54. The number of thioether (sulfide) groups is 1. The maximum Gasteiger partial charge on any atom is 0.294 e. The number of hydrogen-bond acceptors (Lipinski definition) is 20. The van der Waals surface area contributed by atoms with E-state index < -0.39 is 20.2 Å². The molecule has 4 N–H and O–H groups in total. The minimum Gasteiger partial charge on any atom is -0.372 e. The Bertz CT molecular complexity index is 3200. The Morgan fingerprint density at radius 1 is 0.574 bits per heavy atom. The molecule has 0 fully saturated rings. The molecule has 0 amide bonds. The summed E-state index contributed by atoms with van der Waals surface area (Å²) in [5.74, 6) is 0.920. The van der Waals surface area contributed by atoms with Crippen LogP contribution < -0.4 is 20.4 Å². The number of azo groups is 2. The number of nitrogens with one attached hydrogen (secondary N) is 2. The molecule has 0 radical (unpaired) electrons. The standard InChI is InChI=1S/C44H43N13O6S5/c1-5-56(6-2)28-14-18-36(50-52-40-32-24-30(67(58,59)60)16-20-34(32)54-65-40)38(22-28)45-42-47-43(49-44(48-42)64-26-27-12-10-9-11-13-27)46-39-23-29(57(7-3)8-4)15-19-37(39)51-53-41-33-25-31(68(61,62)63)17-21-35(33)55-66-41/h9-25H,5-8,26H2,1-4H3,(H,58,59,60)(H,61,62,63)(H2,45,46,47,48,49)/b52-50+,53-51+. The highest BCUT2D eigenvalue weighted by molar-refractivity contribution is 7.98. The van der Waals surface area contributed by atoms with Crippen LogP contribution in [0.1, 0.15) is 33.3 Å². The molecule has 0 spiro atoms. The second-order valence-electron chi connectivity index (χ2n) is 14.7. The highest BCUT2D eigenvalue weighted by Gasteiger charge is 2.19. The Morgan fingerprint density at radius 3 is 1.46 bits per heavy atom. The normalized spacial score (nSPS) is 12.1. The van der Waals surface area contributed by atoms with E-state index in [1.807, 2.05) is 66.7 Å². The van der Waals surface area contributed by atoms with Crippen molar-refractivity contribution >= 4 is 133 Å². The summed E-state index contributed by atoms with van der Waals surface area (Å²) in [6.07, 6.45) is 0. The van der Waals surface area contributed by atoms with Gasteiger partial charge in [-0.3, -0.25) is 9.11 Å². The van der Waals surface area contributed by atoms with Crippen LogP contribution in [0.2, 0.25) is 0 Å². The van der Waals surface area contributed by atoms with Crippen molar-refractivity contribution in [3.05, 3.63) is 109 Å². The van der Waals surface area contributed by atoms with Crippen LogP contribution in [0.3, 0.4) is 0 Å². The van der Waals surface area contributed by atoms with Crippen molar-refractivity contribution in [3.63, 3.8) is 0 Å². The molecule has 3 aromatic heterocycles. The lowest BCUT2D eigenvalue weighted by Gasteiger charge is -2.22. The van der Waals surface area contributed by atoms with Gasteiger partial charge in [-0.05, 0) is 129 Å². The van der Waals surface area contributed by atoms with Gasteiger partial charge in [0.25, 0.3) is 20.2 Å². The van der Waals surface area contributed by atoms with Crippen molar-refractivity contribution < 1.29 is 25.9 Å². The van der Waals surface area contributed by atoms with Crippen LogP contribution in [0.4, 0.5) is 56.0 Å². The molecule has 0 saturated carbocycles. The molecule has 0 aliphatic heterocycles. The van der Waals surface area contributed by atoms with E-state index in [1.54, 1.807) is 0 Å². The number of nitrogens with zero attached hydrogens (tertiary/aromatic N) is 11. The molecule has 350 valence electrons. The summed E-state index contributed by atoms with van der Waals surface area (Å²) in [6, 6.07) is 29.4. The SMILES string of the molecule is CCN(CC)c1ccc(/N=N/c2snc3ccc(S(=O)(=O)O)cc23)c(Nc2nc(Nc3cc(N(CC)CC)ccc3/N=N/c3snc4ccc(S(=O)(=O)O)cc34)nc(SCc3ccccc3)n2)c1. The average molecular weight is 1010 g/mol. The van der Waals surface area contributed by atoms with Gasteiger partial charge in [-0.1, -0.05) is 42.1 Å². The summed E-state index contributed by atoms with van der Waals surface area (Å²) >= 11 is 3.48. The van der Waals surface area contributed by atoms with E-state index in [0.717, 1.165) is 66.2 Å². The van der Waals surface area contributed by atoms with Crippen LogP contribution in [-0.4, -0.2) is 75.8 Å². The molecular weight excluding hydrogens is 967 g/mol. The van der Waals surface area contributed by atoms with E-state index in [-0.39, 0.29) is 21.7 Å². The molecule has 24 heteroatoms. The number of aromatic nitrogens is 5. The third-order valence-corrected chi connectivity index (χ3v) is 14.6. The molecular formula is C44H43N13O6S5. The number of anilines is 6. The lowest BCUT2D eigenvalue weighted by molar-refractivity contribution is 0.481. The molecule has 0 saturated heterocycles.